The van der Waals surface area contributed by atoms with Crippen LogP contribution in [0.4, 0.5) is 10.8 Å². The van der Waals surface area contributed by atoms with Gasteiger partial charge in [-0.05, 0) is 60.5 Å². The highest BCUT2D eigenvalue weighted by Crippen LogP contribution is 2.33. The van der Waals surface area contributed by atoms with Crippen LogP contribution in [0.2, 0.25) is 5.02 Å². The fourth-order valence-corrected chi connectivity index (χ4v) is 4.54. The van der Waals surface area contributed by atoms with Gasteiger partial charge in [-0.25, -0.2) is 4.98 Å². The Morgan fingerprint density at radius 2 is 2.00 bits per heavy atom. The largest absolute Gasteiger partial charge is 0.278 e. The van der Waals surface area contributed by atoms with E-state index < -0.39 is 4.92 Å². The number of amides is 1. The van der Waals surface area contributed by atoms with Gasteiger partial charge in [-0.2, -0.15) is 0 Å². The summed E-state index contributed by atoms with van der Waals surface area (Å²) in [5.74, 6) is -0.281. The van der Waals surface area contributed by atoms with Crippen molar-refractivity contribution in [1.82, 2.24) is 9.97 Å². The molecule has 0 aliphatic carbocycles. The molecule has 2 aromatic carbocycles. The minimum absolute atomic E-state index is 0.00578. The van der Waals surface area contributed by atoms with Crippen molar-refractivity contribution in [3.63, 3.8) is 0 Å². The number of hydrogen-bond acceptors (Lipinski definition) is 6. The van der Waals surface area contributed by atoms with Gasteiger partial charge in [0.25, 0.3) is 11.6 Å². The zero-order valence-corrected chi connectivity index (χ0v) is 18.5. The highest BCUT2D eigenvalue weighted by atomic mass is 35.5. The van der Waals surface area contributed by atoms with Crippen LogP contribution in [0.5, 0.6) is 0 Å². The molecule has 2 aromatic heterocycles. The number of thiazole rings is 1. The van der Waals surface area contributed by atoms with Gasteiger partial charge in [0, 0.05) is 29.4 Å². The number of nitro benzene ring substituents is 1. The maximum Gasteiger partial charge on any atom is 0.269 e. The van der Waals surface area contributed by atoms with Crippen LogP contribution in [0, 0.1) is 17.0 Å². The molecular weight excluding hydrogens is 448 g/mol. The Hall–Kier alpha value is -3.62. The number of non-ortho nitro benzene ring substituents is 1. The molecule has 4 rings (SSSR count). The summed E-state index contributed by atoms with van der Waals surface area (Å²) in [6.45, 7) is 2.17. The Balaban J connectivity index is 1.66. The summed E-state index contributed by atoms with van der Waals surface area (Å²) in [7, 11) is 0. The third-order valence-electron chi connectivity index (χ3n) is 4.70. The summed E-state index contributed by atoms with van der Waals surface area (Å²) < 4.78 is 0.892. The number of nitrogens with zero attached hydrogens (tertiary/aromatic N) is 4. The number of anilines is 1. The molecule has 1 amide bonds. The van der Waals surface area contributed by atoms with Gasteiger partial charge in [0.1, 0.15) is 0 Å². The fourth-order valence-electron chi connectivity index (χ4n) is 3.12. The van der Waals surface area contributed by atoms with Crippen molar-refractivity contribution in [3.8, 4) is 0 Å². The minimum atomic E-state index is -0.464. The SMILES string of the molecule is Cc1cc(Cl)cc2sc(N(Cc3ccccn3)C(=O)/C=C\c3ccc([N+](=O)[O-])cc3)nc12. The van der Waals surface area contributed by atoms with Crippen molar-refractivity contribution in [2.75, 3.05) is 4.90 Å². The number of carbonyl (C=O) groups excluding carboxylic acids is 1. The number of benzene rings is 2. The summed E-state index contributed by atoms with van der Waals surface area (Å²) >= 11 is 7.57. The first-order valence-corrected chi connectivity index (χ1v) is 10.8. The van der Waals surface area contributed by atoms with Crippen molar-refractivity contribution >= 4 is 56.0 Å². The molecular formula is C23H17ClN4O3S. The van der Waals surface area contributed by atoms with E-state index in [1.165, 1.54) is 29.5 Å². The van der Waals surface area contributed by atoms with E-state index >= 15 is 0 Å². The van der Waals surface area contributed by atoms with E-state index in [1.807, 2.05) is 37.3 Å². The smallest absolute Gasteiger partial charge is 0.269 e. The monoisotopic (exact) mass is 464 g/mol. The molecule has 2 heterocycles. The number of rotatable bonds is 6. The molecule has 0 atom stereocenters. The van der Waals surface area contributed by atoms with Crippen LogP contribution in [0.25, 0.3) is 16.3 Å². The predicted octanol–water partition coefficient (Wildman–Crippen LogP) is 5.81. The van der Waals surface area contributed by atoms with Crippen LogP contribution in [-0.2, 0) is 11.3 Å². The Bertz CT molecular complexity index is 1320. The molecule has 0 fully saturated rings. The van der Waals surface area contributed by atoms with Crippen molar-refractivity contribution in [1.29, 1.82) is 0 Å². The molecule has 0 saturated heterocycles. The van der Waals surface area contributed by atoms with Gasteiger partial charge >= 0.3 is 0 Å². The second kappa shape index (κ2) is 9.25. The lowest BCUT2D eigenvalue weighted by atomic mass is 10.2. The van der Waals surface area contributed by atoms with E-state index in [0.29, 0.717) is 15.7 Å². The fraction of sp³-hybridized carbons (Fsp3) is 0.0870. The van der Waals surface area contributed by atoms with Crippen molar-refractivity contribution in [3.05, 3.63) is 98.8 Å². The molecule has 0 saturated carbocycles. The molecule has 0 unspecified atom stereocenters. The molecule has 9 heteroatoms. The lowest BCUT2D eigenvalue weighted by Gasteiger charge is -2.17. The van der Waals surface area contributed by atoms with Crippen molar-refractivity contribution in [2.45, 2.75) is 13.5 Å². The van der Waals surface area contributed by atoms with Crippen LogP contribution < -0.4 is 4.90 Å². The summed E-state index contributed by atoms with van der Waals surface area (Å²) in [6.07, 6.45) is 4.72. The Morgan fingerprint density at radius 1 is 1.22 bits per heavy atom. The van der Waals surface area contributed by atoms with Crippen molar-refractivity contribution < 1.29 is 9.72 Å². The first-order valence-electron chi connectivity index (χ1n) is 9.61. The van der Waals surface area contributed by atoms with Gasteiger partial charge in [0.15, 0.2) is 5.13 Å². The molecule has 7 nitrogen and oxygen atoms in total. The molecule has 4 aromatic rings. The molecule has 0 bridgehead atoms. The van der Waals surface area contributed by atoms with Crippen molar-refractivity contribution in [2.24, 2.45) is 0 Å². The summed E-state index contributed by atoms with van der Waals surface area (Å²) in [4.78, 5) is 34.1. The number of halogens is 1. The topological polar surface area (TPSA) is 89.2 Å². The molecule has 0 radical (unpaired) electrons. The molecule has 160 valence electrons. The Labute approximate surface area is 192 Å². The van der Waals surface area contributed by atoms with E-state index in [-0.39, 0.29) is 18.1 Å². The molecule has 0 aliphatic heterocycles. The van der Waals surface area contributed by atoms with Crippen LogP contribution in [0.15, 0.2) is 66.9 Å². The van der Waals surface area contributed by atoms with E-state index in [0.717, 1.165) is 21.5 Å². The van der Waals surface area contributed by atoms with Crippen LogP contribution in [-0.4, -0.2) is 20.8 Å². The Morgan fingerprint density at radius 3 is 2.69 bits per heavy atom. The average molecular weight is 465 g/mol. The third-order valence-corrected chi connectivity index (χ3v) is 5.95. The average Bonchev–Trinajstić information content (AvgIpc) is 3.21. The molecule has 0 spiro atoms. The minimum Gasteiger partial charge on any atom is -0.278 e. The van der Waals surface area contributed by atoms with E-state index in [2.05, 4.69) is 9.97 Å². The standard InChI is InChI=1S/C23H17ClN4O3S/c1-15-12-17(24)13-20-22(15)26-23(32-20)27(14-18-4-2-3-11-25-18)21(29)10-7-16-5-8-19(9-6-16)28(30)31/h2-13H,14H2,1H3/b10-7-. The van der Waals surface area contributed by atoms with Gasteiger partial charge in [-0.3, -0.25) is 24.8 Å². The molecule has 0 N–H and O–H groups in total. The highest BCUT2D eigenvalue weighted by Gasteiger charge is 2.20. The van der Waals surface area contributed by atoms with E-state index in [9.17, 15) is 14.9 Å². The lowest BCUT2D eigenvalue weighted by molar-refractivity contribution is -0.384. The first-order chi connectivity index (χ1) is 15.4. The zero-order chi connectivity index (χ0) is 22.7. The van der Waals surface area contributed by atoms with Gasteiger partial charge in [-0.1, -0.05) is 29.0 Å². The maximum absolute atomic E-state index is 13.2. The van der Waals surface area contributed by atoms with E-state index in [1.54, 1.807) is 29.3 Å². The molecule has 32 heavy (non-hydrogen) atoms. The van der Waals surface area contributed by atoms with Gasteiger partial charge in [-0.15, -0.1) is 0 Å². The van der Waals surface area contributed by atoms with Crippen LogP contribution in [0.3, 0.4) is 0 Å². The number of carbonyl (C=O) groups is 1. The highest BCUT2D eigenvalue weighted by molar-refractivity contribution is 7.22. The van der Waals surface area contributed by atoms with Gasteiger partial charge < -0.3 is 0 Å². The number of fused-ring (bicyclic) bond motifs is 1. The zero-order valence-electron chi connectivity index (χ0n) is 16.9. The van der Waals surface area contributed by atoms with Crippen LogP contribution >= 0.6 is 22.9 Å². The predicted molar refractivity (Wildman–Crippen MR) is 127 cm³/mol. The maximum atomic E-state index is 13.2. The summed E-state index contributed by atoms with van der Waals surface area (Å²) in [6, 6.07) is 15.2. The number of aryl methyl sites for hydroxylation is 1. The quantitative estimate of drug-likeness (QED) is 0.204. The molecule has 0 aliphatic rings. The first kappa shape index (κ1) is 21.6. The third kappa shape index (κ3) is 4.82. The normalized spacial score (nSPS) is 11.2. The summed E-state index contributed by atoms with van der Waals surface area (Å²) in [5.41, 5.74) is 3.12. The number of pyridine rings is 1. The van der Waals surface area contributed by atoms with Gasteiger partial charge in [0.2, 0.25) is 0 Å². The van der Waals surface area contributed by atoms with E-state index in [4.69, 9.17) is 11.6 Å². The number of hydrogen-bond donors (Lipinski definition) is 0. The van der Waals surface area contributed by atoms with Crippen LogP contribution in [0.1, 0.15) is 16.8 Å². The van der Waals surface area contributed by atoms with Gasteiger partial charge in [0.05, 0.1) is 27.4 Å². The summed E-state index contributed by atoms with van der Waals surface area (Å²) in [5, 5.41) is 12.0. The number of nitro groups is 1. The second-order valence-electron chi connectivity index (χ2n) is 6.99. The lowest BCUT2D eigenvalue weighted by Crippen LogP contribution is -2.29. The second-order valence-corrected chi connectivity index (χ2v) is 8.44. The number of aromatic nitrogens is 2. The Kier molecular flexibility index (Phi) is 6.25.